The lowest BCUT2D eigenvalue weighted by Crippen LogP contribution is -2.46. The minimum absolute atomic E-state index is 0.123. The van der Waals surface area contributed by atoms with E-state index in [-0.39, 0.29) is 10.3 Å². The summed E-state index contributed by atoms with van der Waals surface area (Å²) in [7, 11) is -3.86. The third-order valence-electron chi connectivity index (χ3n) is 6.61. The second-order valence-corrected chi connectivity index (χ2v) is 12.2. The Morgan fingerprint density at radius 3 is 2.24 bits per heavy atom. The summed E-state index contributed by atoms with van der Waals surface area (Å²) in [5, 5.41) is 0. The monoisotopic (exact) mass is 482 g/mol. The highest BCUT2D eigenvalue weighted by molar-refractivity contribution is 7.94. The molecule has 3 rings (SSSR count). The van der Waals surface area contributed by atoms with Gasteiger partial charge in [0.25, 0.3) is 10.0 Å². The average Bonchev–Trinajstić information content (AvgIpc) is 2.79. The molecule has 0 saturated carbocycles. The Labute approximate surface area is 205 Å². The van der Waals surface area contributed by atoms with Gasteiger partial charge in [0.15, 0.2) is 0 Å². The predicted molar refractivity (Wildman–Crippen MR) is 140 cm³/mol. The minimum atomic E-state index is -3.86. The number of amides is 2. The first-order valence-corrected chi connectivity index (χ1v) is 13.7. The molecule has 1 N–H and O–H groups in total. The predicted octanol–water partition coefficient (Wildman–Crippen LogP) is 6.12. The lowest BCUT2D eigenvalue weighted by atomic mass is 9.86. The Balaban J connectivity index is 1.42. The van der Waals surface area contributed by atoms with Crippen LogP contribution in [0.25, 0.3) is 6.08 Å². The maximum atomic E-state index is 12.6. The molecule has 1 heterocycles. The van der Waals surface area contributed by atoms with Crippen LogP contribution in [-0.4, -0.2) is 32.4 Å². The van der Waals surface area contributed by atoms with Crippen LogP contribution >= 0.6 is 0 Å². The van der Waals surface area contributed by atoms with Crippen LogP contribution in [0.1, 0.15) is 70.1 Å². The summed E-state index contributed by atoms with van der Waals surface area (Å²) in [5.74, 6) is 0.578. The van der Waals surface area contributed by atoms with Crippen LogP contribution in [0, 0.1) is 5.92 Å². The molecule has 184 valence electrons. The van der Waals surface area contributed by atoms with Crippen LogP contribution in [-0.2, 0) is 21.9 Å². The van der Waals surface area contributed by atoms with Crippen molar-refractivity contribution < 1.29 is 13.2 Å². The number of urea groups is 1. The van der Waals surface area contributed by atoms with Gasteiger partial charge in [-0.15, -0.1) is 0 Å². The molecule has 0 bridgehead atoms. The fourth-order valence-corrected chi connectivity index (χ4v) is 5.12. The molecule has 5 nitrogen and oxygen atoms in total. The van der Waals surface area contributed by atoms with Crippen molar-refractivity contribution in [2.24, 2.45) is 5.92 Å². The highest BCUT2D eigenvalue weighted by atomic mass is 32.2. The van der Waals surface area contributed by atoms with Gasteiger partial charge < -0.3 is 4.90 Å². The number of allylic oxidation sites excluding steroid dienone is 1. The van der Waals surface area contributed by atoms with E-state index in [1.165, 1.54) is 18.1 Å². The van der Waals surface area contributed by atoms with Gasteiger partial charge in [0.2, 0.25) is 0 Å². The van der Waals surface area contributed by atoms with Gasteiger partial charge in [0.1, 0.15) is 0 Å². The molecule has 2 aromatic rings. The van der Waals surface area contributed by atoms with Crippen molar-refractivity contribution >= 4 is 22.1 Å². The van der Waals surface area contributed by atoms with E-state index in [0.29, 0.717) is 19.0 Å². The maximum absolute atomic E-state index is 12.6. The lowest BCUT2D eigenvalue weighted by molar-refractivity contribution is 0.172. The van der Waals surface area contributed by atoms with Crippen molar-refractivity contribution in [3.05, 3.63) is 76.2 Å². The van der Waals surface area contributed by atoms with Gasteiger partial charge in [-0.2, -0.15) is 0 Å². The number of hydrogen-bond acceptors (Lipinski definition) is 3. The van der Waals surface area contributed by atoms with E-state index in [4.69, 9.17) is 0 Å². The van der Waals surface area contributed by atoms with E-state index in [1.807, 2.05) is 30.3 Å². The van der Waals surface area contributed by atoms with Crippen LogP contribution < -0.4 is 4.72 Å². The molecule has 1 aliphatic heterocycles. The molecular weight excluding hydrogens is 444 g/mol. The molecule has 0 spiro atoms. The third kappa shape index (κ3) is 7.45. The first-order chi connectivity index (χ1) is 16.0. The Bertz CT molecular complexity index is 1080. The first-order valence-electron chi connectivity index (χ1n) is 12.2. The van der Waals surface area contributed by atoms with Crippen molar-refractivity contribution in [1.29, 1.82) is 0 Å². The number of nitrogens with zero attached hydrogens (tertiary/aromatic N) is 1. The summed E-state index contributed by atoms with van der Waals surface area (Å²) < 4.78 is 27.4. The van der Waals surface area contributed by atoms with Gasteiger partial charge in [0.05, 0.1) is 4.91 Å². The summed E-state index contributed by atoms with van der Waals surface area (Å²) >= 11 is 0. The van der Waals surface area contributed by atoms with Gasteiger partial charge in [-0.3, -0.25) is 0 Å². The summed E-state index contributed by atoms with van der Waals surface area (Å²) in [6, 6.07) is 17.6. The molecule has 0 aliphatic carbocycles. The minimum Gasteiger partial charge on any atom is -0.324 e. The smallest absolute Gasteiger partial charge is 0.324 e. The highest BCUT2D eigenvalue weighted by Crippen LogP contribution is 2.25. The number of sulfonamides is 1. The summed E-state index contributed by atoms with van der Waals surface area (Å²) in [5.41, 5.74) is 3.68. The number of nitrogens with one attached hydrogen (secondary N) is 1. The van der Waals surface area contributed by atoms with Crippen molar-refractivity contribution in [3.8, 4) is 0 Å². The molecule has 1 saturated heterocycles. The Hall–Kier alpha value is -2.60. The molecule has 2 amide bonds. The summed E-state index contributed by atoms with van der Waals surface area (Å²) in [4.78, 5) is 14.3. The molecule has 0 atom stereocenters. The van der Waals surface area contributed by atoms with Crippen molar-refractivity contribution in [2.75, 3.05) is 13.1 Å². The Morgan fingerprint density at radius 2 is 1.65 bits per heavy atom. The third-order valence-corrected chi connectivity index (χ3v) is 8.02. The van der Waals surface area contributed by atoms with Crippen molar-refractivity contribution in [2.45, 2.75) is 65.2 Å². The van der Waals surface area contributed by atoms with E-state index < -0.39 is 16.1 Å². The van der Waals surface area contributed by atoms with Crippen LogP contribution in [0.5, 0.6) is 0 Å². The van der Waals surface area contributed by atoms with Gasteiger partial charge in [0, 0.05) is 13.1 Å². The number of likely N-dealkylation sites (tertiary alicyclic amines) is 1. The number of aryl methyl sites for hydroxylation is 1. The molecule has 1 fully saturated rings. The molecular formula is C28H38N2O3S. The summed E-state index contributed by atoms with van der Waals surface area (Å²) in [6.07, 6.45) is 6.72. The van der Waals surface area contributed by atoms with Gasteiger partial charge in [-0.25, -0.2) is 17.9 Å². The SMILES string of the molecule is C/C(=C\c1ccccc1)S(=O)(=O)NC(=O)N1CCC(CCCc2ccc(C(C)(C)C)cc2)CC1. The van der Waals surface area contributed by atoms with Crippen molar-refractivity contribution in [1.82, 2.24) is 9.62 Å². The fourth-order valence-electron chi connectivity index (χ4n) is 4.31. The lowest BCUT2D eigenvalue weighted by Gasteiger charge is -2.32. The number of benzene rings is 2. The number of rotatable bonds is 7. The molecule has 0 radical (unpaired) electrons. The van der Waals surface area contributed by atoms with E-state index in [2.05, 4.69) is 49.8 Å². The fraction of sp³-hybridized carbons (Fsp3) is 0.464. The van der Waals surface area contributed by atoms with E-state index in [9.17, 15) is 13.2 Å². The molecule has 1 aliphatic rings. The molecule has 0 unspecified atom stereocenters. The summed E-state index contributed by atoms with van der Waals surface area (Å²) in [6.45, 7) is 9.37. The van der Waals surface area contributed by atoms with E-state index >= 15 is 0 Å². The Morgan fingerprint density at radius 1 is 1.03 bits per heavy atom. The quantitative estimate of drug-likeness (QED) is 0.517. The van der Waals surface area contributed by atoms with Crippen LogP contribution in [0.15, 0.2) is 59.5 Å². The zero-order valence-corrected chi connectivity index (χ0v) is 21.7. The van der Waals surface area contributed by atoms with Crippen LogP contribution in [0.2, 0.25) is 0 Å². The molecule has 6 heteroatoms. The maximum Gasteiger partial charge on any atom is 0.331 e. The number of piperidine rings is 1. The molecule has 0 aromatic heterocycles. The number of carbonyl (C=O) groups excluding carboxylic acids is 1. The second kappa shape index (κ2) is 11.2. The van der Waals surface area contributed by atoms with E-state index in [1.54, 1.807) is 11.0 Å². The zero-order chi connectivity index (χ0) is 24.8. The standard InChI is InChI=1S/C28H38N2O3S/c1-22(21-25-9-6-5-7-10-25)34(32,33)29-27(31)30-19-17-24(18-20-30)12-8-11-23-13-15-26(16-14-23)28(2,3)4/h5-7,9-10,13-16,21,24H,8,11-12,17-20H2,1-4H3,(H,29,31)/b22-21+. The topological polar surface area (TPSA) is 66.5 Å². The Kier molecular flexibility index (Phi) is 8.58. The first kappa shape index (κ1) is 26.0. The highest BCUT2D eigenvalue weighted by Gasteiger charge is 2.26. The number of carbonyl (C=O) groups is 1. The van der Waals surface area contributed by atoms with Crippen LogP contribution in [0.3, 0.4) is 0 Å². The van der Waals surface area contributed by atoms with Gasteiger partial charge >= 0.3 is 6.03 Å². The van der Waals surface area contributed by atoms with E-state index in [0.717, 1.165) is 37.7 Å². The number of hydrogen-bond donors (Lipinski definition) is 1. The largest absolute Gasteiger partial charge is 0.331 e. The van der Waals surface area contributed by atoms with Gasteiger partial charge in [-0.1, -0.05) is 75.4 Å². The zero-order valence-electron chi connectivity index (χ0n) is 20.9. The molecule has 34 heavy (non-hydrogen) atoms. The normalized spacial score (nSPS) is 15.9. The second-order valence-electron chi connectivity index (χ2n) is 10.3. The van der Waals surface area contributed by atoms with Gasteiger partial charge in [-0.05, 0) is 73.1 Å². The van der Waals surface area contributed by atoms with Crippen molar-refractivity contribution in [3.63, 3.8) is 0 Å². The average molecular weight is 483 g/mol. The molecule has 2 aromatic carbocycles. The van der Waals surface area contributed by atoms with Crippen LogP contribution in [0.4, 0.5) is 4.79 Å².